The molecule has 1 aromatic carbocycles. The predicted octanol–water partition coefficient (Wildman–Crippen LogP) is 7.27. The van der Waals surface area contributed by atoms with Crippen LogP contribution in [0.25, 0.3) is 21.1 Å². The van der Waals surface area contributed by atoms with Gasteiger partial charge in [-0.15, -0.1) is 11.3 Å². The average Bonchev–Trinajstić information content (AvgIpc) is 3.90. The second-order valence-corrected chi connectivity index (χ2v) is 14.3. The molecule has 1 spiro atoms. The molecule has 13 heteroatoms. The number of nitrogens with zero attached hydrogens (tertiary/aromatic N) is 6. The summed E-state index contributed by atoms with van der Waals surface area (Å²) in [5.41, 5.74) is 4.82. The van der Waals surface area contributed by atoms with Crippen molar-refractivity contribution >= 4 is 50.9 Å². The molecule has 4 aromatic rings. The first kappa shape index (κ1) is 37.4. The molecule has 6 heterocycles. The van der Waals surface area contributed by atoms with E-state index in [1.54, 1.807) is 12.3 Å². The van der Waals surface area contributed by atoms with Crippen LogP contribution in [0.2, 0.25) is 0 Å². The number of aromatic nitrogens is 3. The van der Waals surface area contributed by atoms with Gasteiger partial charge in [-0.3, -0.25) is 4.90 Å². The van der Waals surface area contributed by atoms with Gasteiger partial charge in [-0.05, 0) is 86.7 Å². The quantitative estimate of drug-likeness (QED) is 0.166. The number of halogens is 3. The Morgan fingerprint density at radius 1 is 1.06 bits per heavy atom. The minimum absolute atomic E-state index is 0.191. The van der Waals surface area contributed by atoms with Gasteiger partial charge in [0.25, 0.3) is 0 Å². The van der Waals surface area contributed by atoms with Crippen molar-refractivity contribution in [2.75, 3.05) is 57.4 Å². The van der Waals surface area contributed by atoms with E-state index in [-0.39, 0.29) is 10.9 Å². The summed E-state index contributed by atoms with van der Waals surface area (Å²) in [6.45, 7) is 15.2. The lowest BCUT2D eigenvalue weighted by Gasteiger charge is -2.33. The molecule has 3 aromatic heterocycles. The van der Waals surface area contributed by atoms with E-state index in [1.165, 1.54) is 30.3 Å². The number of alkyl halides is 3. The highest BCUT2D eigenvalue weighted by atomic mass is 32.1. The van der Waals surface area contributed by atoms with Crippen molar-refractivity contribution in [2.24, 2.45) is 5.41 Å². The number of fused-ring (bicyclic) bond motifs is 2. The lowest BCUT2D eigenvalue weighted by Crippen LogP contribution is -2.39. The highest BCUT2D eigenvalue weighted by Gasteiger charge is 2.40. The number of nitriles is 1. The van der Waals surface area contributed by atoms with Crippen LogP contribution in [0.15, 0.2) is 30.6 Å². The van der Waals surface area contributed by atoms with E-state index < -0.39 is 12.6 Å². The Bertz CT molecular complexity index is 1730. The van der Waals surface area contributed by atoms with Crippen LogP contribution in [0, 0.1) is 23.7 Å². The molecule has 0 saturated carbocycles. The molecule has 2 N–H and O–H groups in total. The lowest BCUT2D eigenvalue weighted by molar-refractivity contribution is -0.126. The molecule has 0 amide bonds. The van der Waals surface area contributed by atoms with Gasteiger partial charge >= 0.3 is 6.18 Å². The van der Waals surface area contributed by atoms with E-state index in [1.807, 2.05) is 13.8 Å². The summed E-state index contributed by atoms with van der Waals surface area (Å²) in [5.74, 6) is 0.613. The van der Waals surface area contributed by atoms with Crippen molar-refractivity contribution in [1.29, 1.82) is 5.26 Å². The normalized spacial score (nSPS) is 20.3. The van der Waals surface area contributed by atoms with E-state index in [9.17, 15) is 18.4 Å². The zero-order valence-corrected chi connectivity index (χ0v) is 30.7. The van der Waals surface area contributed by atoms with Crippen LogP contribution >= 0.6 is 24.0 Å². The Labute approximate surface area is 297 Å². The molecule has 0 radical (unpaired) electrons. The number of likely N-dealkylation sites (tertiary alicyclic amines) is 2. The monoisotopic (exact) mass is 714 g/mol. The second-order valence-electron chi connectivity index (χ2n) is 13.2. The summed E-state index contributed by atoms with van der Waals surface area (Å²) >= 11 is 4.60. The second kappa shape index (κ2) is 16.4. The third kappa shape index (κ3) is 8.71. The van der Waals surface area contributed by atoms with E-state index in [4.69, 9.17) is 0 Å². The first-order valence-corrected chi connectivity index (χ1v) is 19.1. The van der Waals surface area contributed by atoms with Crippen LogP contribution in [-0.4, -0.2) is 88.6 Å². The van der Waals surface area contributed by atoms with E-state index in [0.29, 0.717) is 21.4 Å². The zero-order valence-electron chi connectivity index (χ0n) is 29.0. The van der Waals surface area contributed by atoms with E-state index >= 15 is 0 Å². The van der Waals surface area contributed by atoms with Gasteiger partial charge in [0.15, 0.2) is 0 Å². The number of hydrogen-bond acceptors (Lipinski definition) is 9. The fourth-order valence-corrected chi connectivity index (χ4v) is 8.63. The number of rotatable bonds is 8. The third-order valence-corrected chi connectivity index (χ3v) is 11.2. The third-order valence-electron chi connectivity index (χ3n) is 10.1. The molecular formula is C36H49F3N8S2. The number of thiophene rings is 1. The number of piperidine rings is 1. The highest BCUT2D eigenvalue weighted by molar-refractivity contribution is 7.79. The van der Waals surface area contributed by atoms with Crippen molar-refractivity contribution in [1.82, 2.24) is 29.7 Å². The van der Waals surface area contributed by atoms with Crippen LogP contribution in [-0.2, 0) is 19.5 Å². The van der Waals surface area contributed by atoms with Crippen LogP contribution in [0.5, 0.6) is 0 Å². The van der Waals surface area contributed by atoms with Gasteiger partial charge in [-0.25, -0.2) is 9.97 Å². The van der Waals surface area contributed by atoms with Gasteiger partial charge in [0.2, 0.25) is 0 Å². The summed E-state index contributed by atoms with van der Waals surface area (Å²) in [6.07, 6.45) is 2.28. The summed E-state index contributed by atoms with van der Waals surface area (Å²) in [6, 6.07) is 10.7. The van der Waals surface area contributed by atoms with Gasteiger partial charge in [0.05, 0.1) is 11.8 Å². The molecule has 266 valence electrons. The zero-order chi connectivity index (χ0) is 35.2. The maximum Gasteiger partial charge on any atom is 0.393 e. The minimum Gasteiger partial charge on any atom is -0.367 e. The summed E-state index contributed by atoms with van der Waals surface area (Å²) in [4.78, 5) is 14.4. The average molecular weight is 715 g/mol. The van der Waals surface area contributed by atoms with Crippen LogP contribution in [0.3, 0.4) is 0 Å². The highest BCUT2D eigenvalue weighted by Crippen LogP contribution is 2.36. The topological polar surface area (TPSA) is 85.0 Å². The first-order chi connectivity index (χ1) is 23.7. The Morgan fingerprint density at radius 3 is 2.53 bits per heavy atom. The fourth-order valence-electron chi connectivity index (χ4n) is 7.60. The van der Waals surface area contributed by atoms with E-state index in [0.717, 1.165) is 99.7 Å². The maximum absolute atomic E-state index is 12.9. The molecule has 7 rings (SSSR count). The van der Waals surface area contributed by atoms with Gasteiger partial charge in [0, 0.05) is 67.6 Å². The molecule has 8 nitrogen and oxygen atoms in total. The minimum atomic E-state index is -4.25. The number of thiol groups is 1. The van der Waals surface area contributed by atoms with Crippen molar-refractivity contribution in [3.8, 4) is 6.07 Å². The molecular weight excluding hydrogens is 666 g/mol. The largest absolute Gasteiger partial charge is 0.393 e. The van der Waals surface area contributed by atoms with Gasteiger partial charge in [-0.2, -0.15) is 31.1 Å². The van der Waals surface area contributed by atoms with Gasteiger partial charge < -0.3 is 20.1 Å². The number of nitrogens with one attached hydrogen (secondary N) is 2. The molecule has 1 unspecified atom stereocenters. The standard InChI is InChI=1S/C33H39F3N8S.C2H6.CH4S/c1-22-23(2-3-29-27(22)14-25(17-37)44(29)13-12-43-11-7-32(20-43)6-8-38-19-32)18-42-9-4-24(5-10-42)41-30-28-15-26(16-33(34,35)36)45-31(28)40-21-39-30;2*1-2/h2-3,14-15,21,24,38H,4-13,16,18-20H2,1H3,(H,39,40,41);1-2H3;2H,1H3. The van der Waals surface area contributed by atoms with Crippen molar-refractivity contribution < 1.29 is 13.2 Å². The SMILES string of the molecule is CC.CS.Cc1c(CN2CCC(Nc3ncnc4sc(CC(F)(F)F)cc34)CC2)ccc2c1cc(C#N)n2CCN1CCC2(CCNC2)C1. The van der Waals surface area contributed by atoms with Crippen molar-refractivity contribution in [3.63, 3.8) is 0 Å². The maximum atomic E-state index is 12.9. The molecule has 3 saturated heterocycles. The summed E-state index contributed by atoms with van der Waals surface area (Å²) < 4.78 is 41.0. The molecule has 3 aliphatic heterocycles. The fraction of sp³-hybridized carbons (Fsp3) is 0.583. The molecule has 0 aliphatic carbocycles. The summed E-state index contributed by atoms with van der Waals surface area (Å²) in [7, 11) is 0. The van der Waals surface area contributed by atoms with Crippen LogP contribution in [0.4, 0.5) is 19.0 Å². The number of hydrogen-bond donors (Lipinski definition) is 3. The van der Waals surface area contributed by atoms with E-state index in [2.05, 4.69) is 78.8 Å². The Hall–Kier alpha value is -2.89. The molecule has 0 bridgehead atoms. The Morgan fingerprint density at radius 2 is 1.84 bits per heavy atom. The lowest BCUT2D eigenvalue weighted by atomic mass is 9.87. The number of anilines is 1. The first-order valence-electron chi connectivity index (χ1n) is 17.4. The van der Waals surface area contributed by atoms with Gasteiger partial charge in [-0.1, -0.05) is 19.9 Å². The van der Waals surface area contributed by atoms with Crippen molar-refractivity contribution in [2.45, 2.75) is 78.2 Å². The van der Waals surface area contributed by atoms with Gasteiger partial charge in [0.1, 0.15) is 28.7 Å². The predicted molar refractivity (Wildman–Crippen MR) is 198 cm³/mol. The number of benzene rings is 1. The smallest absolute Gasteiger partial charge is 0.367 e. The Balaban J connectivity index is 0.00000113. The summed E-state index contributed by atoms with van der Waals surface area (Å²) in [5, 5.41) is 18.8. The van der Waals surface area contributed by atoms with Crippen LogP contribution < -0.4 is 10.6 Å². The Kier molecular flexibility index (Phi) is 12.5. The number of aryl methyl sites for hydroxylation is 1. The van der Waals surface area contributed by atoms with Crippen molar-refractivity contribution in [3.05, 3.63) is 52.3 Å². The molecule has 3 fully saturated rings. The molecule has 1 atom stereocenters. The molecule has 49 heavy (non-hydrogen) atoms. The van der Waals surface area contributed by atoms with Crippen LogP contribution in [0.1, 0.15) is 61.2 Å². The molecule has 3 aliphatic rings.